The normalized spacial score (nSPS) is 22.0. The van der Waals surface area contributed by atoms with Gasteiger partial charge in [-0.2, -0.15) is 0 Å². The van der Waals surface area contributed by atoms with Crippen molar-refractivity contribution in [3.05, 3.63) is 29.3 Å². The largest absolute Gasteiger partial charge is 0.493 e. The van der Waals surface area contributed by atoms with E-state index in [1.165, 1.54) is 12.8 Å². The molecule has 1 amide bonds. The Hall–Kier alpha value is -1.30. The molecule has 0 bridgehead atoms. The molecule has 0 saturated carbocycles. The predicted octanol–water partition coefficient (Wildman–Crippen LogP) is 2.82. The van der Waals surface area contributed by atoms with E-state index in [-0.39, 0.29) is 5.91 Å². The molecule has 2 aliphatic rings. The minimum atomic E-state index is 0.174. The number of nitrogens with zero attached hydrogens (tertiary/aromatic N) is 2. The van der Waals surface area contributed by atoms with Gasteiger partial charge < -0.3 is 14.4 Å². The van der Waals surface area contributed by atoms with E-state index >= 15 is 0 Å². The second kappa shape index (κ2) is 9.41. The maximum absolute atomic E-state index is 12.4. The summed E-state index contributed by atoms with van der Waals surface area (Å²) >= 11 is 5.85. The van der Waals surface area contributed by atoms with Gasteiger partial charge in [0.1, 0.15) is 5.75 Å². The second-order valence-corrected chi connectivity index (χ2v) is 7.16. The zero-order valence-electron chi connectivity index (χ0n) is 14.7. The topological polar surface area (TPSA) is 42.0 Å². The molecule has 0 aromatic heterocycles. The number of halogens is 1. The summed E-state index contributed by atoms with van der Waals surface area (Å²) in [5.41, 5.74) is 0. The van der Waals surface area contributed by atoms with E-state index in [1.807, 2.05) is 17.0 Å². The van der Waals surface area contributed by atoms with Crippen molar-refractivity contribution in [2.45, 2.75) is 31.8 Å². The SMILES string of the molecule is O=C(CCOc1ccc(Cl)cc1)N1CCCN(C[C@H]2CCCO2)CC1. The van der Waals surface area contributed by atoms with Crippen LogP contribution in [0.15, 0.2) is 24.3 Å². The number of ether oxygens (including phenoxy) is 2. The Bertz CT molecular complexity index is 546. The first kappa shape index (κ1) is 18.5. The smallest absolute Gasteiger partial charge is 0.226 e. The molecule has 0 N–H and O–H groups in total. The summed E-state index contributed by atoms with van der Waals surface area (Å²) in [7, 11) is 0. The average Bonchev–Trinajstić information content (AvgIpc) is 3.01. The van der Waals surface area contributed by atoms with Gasteiger partial charge in [0.25, 0.3) is 0 Å². The Kier molecular flexibility index (Phi) is 6.96. The second-order valence-electron chi connectivity index (χ2n) is 6.72. The highest BCUT2D eigenvalue weighted by Crippen LogP contribution is 2.16. The predicted molar refractivity (Wildman–Crippen MR) is 98.2 cm³/mol. The van der Waals surface area contributed by atoms with Crippen LogP contribution in [-0.4, -0.2) is 67.7 Å². The third-order valence-corrected chi connectivity index (χ3v) is 5.08. The van der Waals surface area contributed by atoms with Gasteiger partial charge in [-0.15, -0.1) is 0 Å². The number of rotatable bonds is 6. The summed E-state index contributed by atoms with van der Waals surface area (Å²) in [6.45, 7) is 5.91. The minimum Gasteiger partial charge on any atom is -0.493 e. The number of carbonyl (C=O) groups is 1. The minimum absolute atomic E-state index is 0.174. The molecule has 2 saturated heterocycles. The first-order valence-corrected chi connectivity index (χ1v) is 9.58. The van der Waals surface area contributed by atoms with Crippen molar-refractivity contribution < 1.29 is 14.3 Å². The first-order chi connectivity index (χ1) is 12.2. The molecule has 1 atom stereocenters. The molecule has 2 heterocycles. The summed E-state index contributed by atoms with van der Waals surface area (Å²) < 4.78 is 11.4. The molecule has 2 fully saturated rings. The van der Waals surface area contributed by atoms with Crippen LogP contribution in [0.3, 0.4) is 0 Å². The fourth-order valence-electron chi connectivity index (χ4n) is 3.42. The van der Waals surface area contributed by atoms with Gasteiger partial charge in [0.2, 0.25) is 5.91 Å². The van der Waals surface area contributed by atoms with Gasteiger partial charge in [-0.3, -0.25) is 9.69 Å². The van der Waals surface area contributed by atoms with Crippen molar-refractivity contribution in [3.8, 4) is 5.75 Å². The van der Waals surface area contributed by atoms with Crippen LogP contribution in [-0.2, 0) is 9.53 Å². The molecule has 0 spiro atoms. The maximum Gasteiger partial charge on any atom is 0.226 e. The highest BCUT2D eigenvalue weighted by Gasteiger charge is 2.23. The maximum atomic E-state index is 12.4. The van der Waals surface area contributed by atoms with Crippen molar-refractivity contribution in [2.75, 3.05) is 45.9 Å². The van der Waals surface area contributed by atoms with E-state index in [0.717, 1.165) is 51.5 Å². The van der Waals surface area contributed by atoms with Gasteiger partial charge in [-0.25, -0.2) is 0 Å². The van der Waals surface area contributed by atoms with Crippen LogP contribution in [0.1, 0.15) is 25.7 Å². The first-order valence-electron chi connectivity index (χ1n) is 9.21. The number of benzene rings is 1. The van der Waals surface area contributed by atoms with E-state index in [2.05, 4.69) is 4.90 Å². The van der Waals surface area contributed by atoms with Crippen molar-refractivity contribution in [1.82, 2.24) is 9.80 Å². The number of hydrogen-bond acceptors (Lipinski definition) is 4. The van der Waals surface area contributed by atoms with Gasteiger partial charge in [0.15, 0.2) is 0 Å². The Labute approximate surface area is 154 Å². The summed E-state index contributed by atoms with van der Waals surface area (Å²) in [6, 6.07) is 7.22. The average molecular weight is 367 g/mol. The third kappa shape index (κ3) is 5.87. The molecule has 1 aromatic rings. The van der Waals surface area contributed by atoms with E-state index in [1.54, 1.807) is 12.1 Å². The lowest BCUT2D eigenvalue weighted by atomic mass is 10.2. The van der Waals surface area contributed by atoms with Gasteiger partial charge in [-0.1, -0.05) is 11.6 Å². The van der Waals surface area contributed by atoms with Crippen LogP contribution in [0.5, 0.6) is 5.75 Å². The Balaban J connectivity index is 1.37. The summed E-state index contributed by atoms with van der Waals surface area (Å²) in [5, 5.41) is 0.681. The number of hydrogen-bond donors (Lipinski definition) is 0. The molecular weight excluding hydrogens is 340 g/mol. The monoisotopic (exact) mass is 366 g/mol. The molecule has 2 aliphatic heterocycles. The lowest BCUT2D eigenvalue weighted by Crippen LogP contribution is -2.37. The van der Waals surface area contributed by atoms with Gasteiger partial charge in [0.05, 0.1) is 19.1 Å². The Morgan fingerprint density at radius 2 is 2.00 bits per heavy atom. The fraction of sp³-hybridized carbons (Fsp3) is 0.632. The van der Waals surface area contributed by atoms with Crippen LogP contribution in [0.25, 0.3) is 0 Å². The fourth-order valence-corrected chi connectivity index (χ4v) is 3.55. The molecule has 25 heavy (non-hydrogen) atoms. The van der Waals surface area contributed by atoms with Gasteiger partial charge in [0, 0.05) is 37.8 Å². The molecule has 3 rings (SSSR count). The molecule has 5 nitrogen and oxygen atoms in total. The summed E-state index contributed by atoms with van der Waals surface area (Å²) in [5.74, 6) is 0.920. The van der Waals surface area contributed by atoms with Crippen LogP contribution < -0.4 is 4.74 Å². The van der Waals surface area contributed by atoms with Crippen molar-refractivity contribution in [3.63, 3.8) is 0 Å². The Morgan fingerprint density at radius 3 is 2.76 bits per heavy atom. The van der Waals surface area contributed by atoms with Gasteiger partial charge >= 0.3 is 0 Å². The zero-order valence-corrected chi connectivity index (χ0v) is 15.4. The van der Waals surface area contributed by atoms with Crippen molar-refractivity contribution in [1.29, 1.82) is 0 Å². The van der Waals surface area contributed by atoms with E-state index in [9.17, 15) is 4.79 Å². The van der Waals surface area contributed by atoms with E-state index in [0.29, 0.717) is 24.2 Å². The summed E-state index contributed by atoms with van der Waals surface area (Å²) in [4.78, 5) is 16.8. The zero-order chi connectivity index (χ0) is 17.5. The molecular formula is C19H27ClN2O3. The van der Waals surface area contributed by atoms with Gasteiger partial charge in [-0.05, 0) is 50.1 Å². The quantitative estimate of drug-likeness (QED) is 0.776. The van der Waals surface area contributed by atoms with Crippen LogP contribution in [0, 0.1) is 0 Å². The molecule has 0 unspecified atom stereocenters. The highest BCUT2D eigenvalue weighted by atomic mass is 35.5. The lowest BCUT2D eigenvalue weighted by Gasteiger charge is -2.24. The molecule has 0 aliphatic carbocycles. The molecule has 1 aromatic carbocycles. The molecule has 6 heteroatoms. The van der Waals surface area contributed by atoms with Crippen LogP contribution in [0.2, 0.25) is 5.02 Å². The van der Waals surface area contributed by atoms with E-state index < -0.39 is 0 Å². The standard InChI is InChI=1S/C19H27ClN2O3/c20-16-4-6-17(7-5-16)25-14-8-19(23)22-10-2-9-21(11-12-22)15-18-3-1-13-24-18/h4-7,18H,1-3,8-15H2/t18-/m1/s1. The molecule has 0 radical (unpaired) electrons. The van der Waals surface area contributed by atoms with Crippen LogP contribution >= 0.6 is 11.6 Å². The lowest BCUT2D eigenvalue weighted by molar-refractivity contribution is -0.131. The van der Waals surface area contributed by atoms with Crippen molar-refractivity contribution >= 4 is 17.5 Å². The number of carbonyl (C=O) groups excluding carboxylic acids is 1. The highest BCUT2D eigenvalue weighted by molar-refractivity contribution is 6.30. The van der Waals surface area contributed by atoms with Crippen molar-refractivity contribution in [2.24, 2.45) is 0 Å². The molecule has 138 valence electrons. The summed E-state index contributed by atoms with van der Waals surface area (Å²) in [6.07, 6.45) is 4.16. The van der Waals surface area contributed by atoms with Crippen LogP contribution in [0.4, 0.5) is 0 Å². The van der Waals surface area contributed by atoms with E-state index in [4.69, 9.17) is 21.1 Å². The number of amides is 1. The Morgan fingerprint density at radius 1 is 1.16 bits per heavy atom. The third-order valence-electron chi connectivity index (χ3n) is 4.83.